The Morgan fingerprint density at radius 1 is 1.29 bits per heavy atom. The summed E-state index contributed by atoms with van der Waals surface area (Å²) in [5.74, 6) is 0.991. The lowest BCUT2D eigenvalue weighted by Crippen LogP contribution is -2.46. The molecule has 3 rings (SSSR count). The third-order valence-electron chi connectivity index (χ3n) is 5.71. The topological polar surface area (TPSA) is 41.1 Å². The van der Waals surface area contributed by atoms with Crippen molar-refractivity contribution in [1.82, 2.24) is 10.6 Å². The molecule has 2 aliphatic rings. The Kier molecular flexibility index (Phi) is 7.12. The van der Waals surface area contributed by atoms with Crippen LogP contribution in [0.4, 0.5) is 0 Å². The third-order valence-corrected chi connectivity index (χ3v) is 5.71. The lowest BCUT2D eigenvalue weighted by atomic mass is 9.68. The van der Waals surface area contributed by atoms with Crippen molar-refractivity contribution in [2.45, 2.75) is 57.3 Å². The van der Waals surface area contributed by atoms with Crippen molar-refractivity contribution in [3.8, 4) is 0 Å². The van der Waals surface area contributed by atoms with Gasteiger partial charge in [-0.1, -0.05) is 49.1 Å². The zero-order valence-corrected chi connectivity index (χ0v) is 15.6. The van der Waals surface area contributed by atoms with Crippen molar-refractivity contribution in [1.29, 1.82) is 0 Å². The number of halogens is 1. The standard InChI is InChI=1S/C20H30N2O.ClH/c1-16-6-5-7-18(14-16)20(10-3-2-4-11-20)19(23)22-13-9-17-8-12-21-15-17;/h5-7,14,17,21H,2-4,8-13,15H2,1H3,(H,22,23);1H. The molecular weight excluding hydrogens is 320 g/mol. The molecule has 24 heavy (non-hydrogen) atoms. The molecule has 3 nitrogen and oxygen atoms in total. The van der Waals surface area contributed by atoms with Crippen LogP contribution in [-0.2, 0) is 10.2 Å². The van der Waals surface area contributed by atoms with E-state index in [2.05, 4.69) is 41.8 Å². The van der Waals surface area contributed by atoms with E-state index < -0.39 is 0 Å². The Labute approximate surface area is 152 Å². The van der Waals surface area contributed by atoms with E-state index in [0.29, 0.717) is 0 Å². The number of hydrogen-bond donors (Lipinski definition) is 2. The van der Waals surface area contributed by atoms with E-state index in [-0.39, 0.29) is 23.7 Å². The molecule has 0 spiro atoms. The van der Waals surface area contributed by atoms with Crippen molar-refractivity contribution >= 4 is 18.3 Å². The van der Waals surface area contributed by atoms with Crippen LogP contribution in [-0.4, -0.2) is 25.5 Å². The number of hydrogen-bond acceptors (Lipinski definition) is 2. The second-order valence-electron chi connectivity index (χ2n) is 7.42. The molecule has 1 aliphatic carbocycles. The summed E-state index contributed by atoms with van der Waals surface area (Å²) in [6.07, 6.45) is 7.92. The number of nitrogens with one attached hydrogen (secondary N) is 2. The van der Waals surface area contributed by atoms with Gasteiger partial charge in [0.2, 0.25) is 5.91 Å². The predicted octanol–water partition coefficient (Wildman–Crippen LogP) is 3.73. The van der Waals surface area contributed by atoms with Gasteiger partial charge in [-0.2, -0.15) is 0 Å². The first-order chi connectivity index (χ1) is 11.2. The van der Waals surface area contributed by atoms with Gasteiger partial charge in [-0.15, -0.1) is 12.4 Å². The Morgan fingerprint density at radius 3 is 2.75 bits per heavy atom. The number of amides is 1. The van der Waals surface area contributed by atoms with Gasteiger partial charge in [-0.25, -0.2) is 0 Å². The van der Waals surface area contributed by atoms with Crippen LogP contribution in [0.2, 0.25) is 0 Å². The highest BCUT2D eigenvalue weighted by Gasteiger charge is 2.40. The summed E-state index contributed by atoms with van der Waals surface area (Å²) in [4.78, 5) is 13.1. The second kappa shape index (κ2) is 8.87. The van der Waals surface area contributed by atoms with Gasteiger partial charge in [0.05, 0.1) is 5.41 Å². The first-order valence-electron chi connectivity index (χ1n) is 9.27. The van der Waals surface area contributed by atoms with Gasteiger partial charge in [0, 0.05) is 6.54 Å². The van der Waals surface area contributed by atoms with Gasteiger partial charge in [0.1, 0.15) is 0 Å². The molecule has 2 fully saturated rings. The minimum absolute atomic E-state index is 0. The molecule has 1 atom stereocenters. The van der Waals surface area contributed by atoms with E-state index in [1.807, 2.05) is 0 Å². The number of carbonyl (C=O) groups excluding carboxylic acids is 1. The number of rotatable bonds is 5. The van der Waals surface area contributed by atoms with Crippen molar-refractivity contribution in [2.75, 3.05) is 19.6 Å². The fraction of sp³-hybridized carbons (Fsp3) is 0.650. The minimum atomic E-state index is -0.293. The summed E-state index contributed by atoms with van der Waals surface area (Å²) in [5.41, 5.74) is 2.17. The molecule has 4 heteroatoms. The summed E-state index contributed by atoms with van der Waals surface area (Å²) in [5, 5.41) is 6.67. The lowest BCUT2D eigenvalue weighted by molar-refractivity contribution is -0.128. The molecular formula is C20H31ClN2O. The van der Waals surface area contributed by atoms with E-state index in [1.165, 1.54) is 24.0 Å². The molecule has 1 aliphatic heterocycles. The van der Waals surface area contributed by atoms with Crippen molar-refractivity contribution < 1.29 is 4.79 Å². The summed E-state index contributed by atoms with van der Waals surface area (Å²) in [6, 6.07) is 8.58. The molecule has 1 saturated heterocycles. The highest BCUT2D eigenvalue weighted by molar-refractivity contribution is 5.88. The van der Waals surface area contributed by atoms with Crippen LogP contribution in [0, 0.1) is 12.8 Å². The van der Waals surface area contributed by atoms with E-state index in [0.717, 1.165) is 57.7 Å². The quantitative estimate of drug-likeness (QED) is 0.849. The van der Waals surface area contributed by atoms with E-state index in [9.17, 15) is 4.79 Å². The first kappa shape index (κ1) is 19.3. The van der Waals surface area contributed by atoms with Crippen LogP contribution in [0.5, 0.6) is 0 Å². The van der Waals surface area contributed by atoms with Crippen LogP contribution in [0.25, 0.3) is 0 Å². The minimum Gasteiger partial charge on any atom is -0.355 e. The van der Waals surface area contributed by atoms with Crippen LogP contribution in [0.3, 0.4) is 0 Å². The highest BCUT2D eigenvalue weighted by atomic mass is 35.5. The first-order valence-corrected chi connectivity index (χ1v) is 9.27. The SMILES string of the molecule is Cc1cccc(C2(C(=O)NCCC3CCNC3)CCCCC2)c1.Cl. The molecule has 134 valence electrons. The summed E-state index contributed by atoms with van der Waals surface area (Å²) in [7, 11) is 0. The van der Waals surface area contributed by atoms with Gasteiger partial charge in [-0.05, 0) is 57.2 Å². The van der Waals surface area contributed by atoms with Crippen molar-refractivity contribution in [2.24, 2.45) is 5.92 Å². The predicted molar refractivity (Wildman–Crippen MR) is 102 cm³/mol. The zero-order chi connectivity index (χ0) is 16.1. The van der Waals surface area contributed by atoms with Crippen LogP contribution >= 0.6 is 12.4 Å². The molecule has 1 saturated carbocycles. The van der Waals surface area contributed by atoms with E-state index >= 15 is 0 Å². The maximum absolute atomic E-state index is 13.1. The largest absolute Gasteiger partial charge is 0.355 e. The average molecular weight is 351 g/mol. The summed E-state index contributed by atoms with van der Waals surface area (Å²) >= 11 is 0. The molecule has 0 bridgehead atoms. The fourth-order valence-corrected chi connectivity index (χ4v) is 4.26. The number of aryl methyl sites for hydroxylation is 1. The number of carbonyl (C=O) groups is 1. The number of benzene rings is 1. The normalized spacial score (nSPS) is 22.6. The van der Waals surface area contributed by atoms with Crippen molar-refractivity contribution in [3.05, 3.63) is 35.4 Å². The monoisotopic (exact) mass is 350 g/mol. The van der Waals surface area contributed by atoms with Crippen LogP contribution in [0.15, 0.2) is 24.3 Å². The molecule has 1 aromatic rings. The second-order valence-corrected chi connectivity index (χ2v) is 7.42. The van der Waals surface area contributed by atoms with Gasteiger partial charge in [0.25, 0.3) is 0 Å². The summed E-state index contributed by atoms with van der Waals surface area (Å²) < 4.78 is 0. The Morgan fingerprint density at radius 2 is 2.08 bits per heavy atom. The highest BCUT2D eigenvalue weighted by Crippen LogP contribution is 2.40. The molecule has 2 N–H and O–H groups in total. The van der Waals surface area contributed by atoms with Gasteiger partial charge >= 0.3 is 0 Å². The van der Waals surface area contributed by atoms with Gasteiger partial charge < -0.3 is 10.6 Å². The van der Waals surface area contributed by atoms with Crippen LogP contribution in [0.1, 0.15) is 56.1 Å². The molecule has 1 aromatic carbocycles. The molecule has 1 unspecified atom stereocenters. The zero-order valence-electron chi connectivity index (χ0n) is 14.8. The molecule has 1 heterocycles. The molecule has 0 radical (unpaired) electrons. The Hall–Kier alpha value is -1.06. The van der Waals surface area contributed by atoms with E-state index in [4.69, 9.17) is 0 Å². The summed E-state index contributed by atoms with van der Waals surface area (Å²) in [6.45, 7) is 5.18. The maximum atomic E-state index is 13.1. The van der Waals surface area contributed by atoms with Crippen LogP contribution < -0.4 is 10.6 Å². The molecule has 1 amide bonds. The van der Waals surface area contributed by atoms with Gasteiger partial charge in [-0.3, -0.25) is 4.79 Å². The third kappa shape index (κ3) is 4.31. The smallest absolute Gasteiger partial charge is 0.230 e. The van der Waals surface area contributed by atoms with Crippen molar-refractivity contribution in [3.63, 3.8) is 0 Å². The average Bonchev–Trinajstić information content (AvgIpc) is 3.09. The van der Waals surface area contributed by atoms with E-state index in [1.54, 1.807) is 0 Å². The maximum Gasteiger partial charge on any atom is 0.230 e. The fourth-order valence-electron chi connectivity index (χ4n) is 4.26. The molecule has 0 aromatic heterocycles. The Balaban J connectivity index is 0.00000208. The Bertz CT molecular complexity index is 534. The van der Waals surface area contributed by atoms with Gasteiger partial charge in [0.15, 0.2) is 0 Å². The lowest BCUT2D eigenvalue weighted by Gasteiger charge is -2.36.